The van der Waals surface area contributed by atoms with Gasteiger partial charge in [-0.15, -0.1) is 10.2 Å². The Morgan fingerprint density at radius 1 is 1.23 bits per heavy atom. The predicted octanol–water partition coefficient (Wildman–Crippen LogP) is 3.35. The highest BCUT2D eigenvalue weighted by Gasteiger charge is 2.48. The number of carbonyl (C=O) groups excluding carboxylic acids is 2. The molecule has 1 N–H and O–H groups in total. The summed E-state index contributed by atoms with van der Waals surface area (Å²) in [6.45, 7) is 14.5. The van der Waals surface area contributed by atoms with Crippen molar-refractivity contribution in [3.05, 3.63) is 35.9 Å². The minimum atomic E-state index is -0.518. The van der Waals surface area contributed by atoms with Gasteiger partial charge in [-0.2, -0.15) is 0 Å². The molecule has 0 radical (unpaired) electrons. The van der Waals surface area contributed by atoms with Crippen molar-refractivity contribution in [3.8, 4) is 11.6 Å². The van der Waals surface area contributed by atoms with Crippen LogP contribution in [0.4, 0.5) is 10.2 Å². The quantitative estimate of drug-likeness (QED) is 0.557. The van der Waals surface area contributed by atoms with E-state index in [0.29, 0.717) is 24.2 Å². The zero-order valence-corrected chi connectivity index (χ0v) is 24.1. The van der Waals surface area contributed by atoms with E-state index in [-0.39, 0.29) is 46.5 Å². The summed E-state index contributed by atoms with van der Waals surface area (Å²) in [6, 6.07) is 3.77. The number of amides is 2. The number of ether oxygens (including phenoxy) is 1. The molecule has 5 rings (SSSR count). The number of hydrogen-bond donors (Lipinski definition) is 1. The number of hydrogen-bond acceptors (Lipinski definition) is 8. The zero-order valence-electron chi connectivity index (χ0n) is 24.1. The molecule has 40 heavy (non-hydrogen) atoms. The van der Waals surface area contributed by atoms with Gasteiger partial charge in [-0.1, -0.05) is 13.8 Å². The van der Waals surface area contributed by atoms with Gasteiger partial charge in [0.1, 0.15) is 17.9 Å². The molecule has 1 aromatic carbocycles. The average molecular weight is 554 g/mol. The fraction of sp³-hybridized carbons (Fsp3) is 0.621. The average Bonchev–Trinajstić information content (AvgIpc) is 3.26. The van der Waals surface area contributed by atoms with Gasteiger partial charge in [-0.05, 0) is 70.2 Å². The monoisotopic (exact) mass is 553 g/mol. The van der Waals surface area contributed by atoms with Crippen molar-refractivity contribution in [1.29, 1.82) is 0 Å². The number of nitrogens with one attached hydrogen (secondary N) is 1. The van der Waals surface area contributed by atoms with Crippen molar-refractivity contribution >= 4 is 17.6 Å². The summed E-state index contributed by atoms with van der Waals surface area (Å²) in [7, 11) is 0. The Morgan fingerprint density at radius 2 is 1.95 bits per heavy atom. The number of halogens is 1. The lowest BCUT2D eigenvalue weighted by molar-refractivity contribution is -0.136. The third-order valence-electron chi connectivity index (χ3n) is 9.01. The number of likely N-dealkylation sites (tertiary alicyclic amines) is 1. The molecule has 4 heterocycles. The molecule has 0 aliphatic carbocycles. The van der Waals surface area contributed by atoms with Crippen molar-refractivity contribution < 1.29 is 18.7 Å². The Kier molecular flexibility index (Phi) is 7.94. The van der Waals surface area contributed by atoms with Crippen LogP contribution < -0.4 is 15.0 Å². The third kappa shape index (κ3) is 5.35. The normalized spacial score (nSPS) is 23.8. The summed E-state index contributed by atoms with van der Waals surface area (Å²) in [5, 5.41) is 11.5. The number of rotatable bonds is 7. The number of nitrogens with zero attached hydrogens (tertiary/aromatic N) is 6. The summed E-state index contributed by atoms with van der Waals surface area (Å²) in [6.07, 6.45) is 3.23. The van der Waals surface area contributed by atoms with Crippen LogP contribution >= 0.6 is 0 Å². The molecular weight excluding hydrogens is 513 g/mol. The Morgan fingerprint density at radius 3 is 2.58 bits per heavy atom. The Hall–Kier alpha value is -3.34. The Labute approximate surface area is 235 Å². The van der Waals surface area contributed by atoms with E-state index in [0.717, 1.165) is 45.6 Å². The first-order valence-electron chi connectivity index (χ1n) is 14.4. The van der Waals surface area contributed by atoms with Gasteiger partial charge in [-0.25, -0.2) is 9.37 Å². The third-order valence-corrected chi connectivity index (χ3v) is 9.01. The van der Waals surface area contributed by atoms with E-state index in [1.807, 2.05) is 25.7 Å². The lowest BCUT2D eigenvalue weighted by Gasteiger charge is -2.54. The van der Waals surface area contributed by atoms with Crippen LogP contribution in [0.2, 0.25) is 0 Å². The molecule has 3 aliphatic rings. The Balaban J connectivity index is 1.26. The van der Waals surface area contributed by atoms with E-state index in [4.69, 9.17) is 4.74 Å². The summed E-state index contributed by atoms with van der Waals surface area (Å²) >= 11 is 0. The lowest BCUT2D eigenvalue weighted by atomic mass is 9.72. The maximum absolute atomic E-state index is 14.2. The van der Waals surface area contributed by atoms with E-state index >= 15 is 0 Å². The minimum Gasteiger partial charge on any atom is -0.434 e. The first-order valence-corrected chi connectivity index (χ1v) is 14.4. The van der Waals surface area contributed by atoms with Crippen molar-refractivity contribution in [2.75, 3.05) is 44.2 Å². The van der Waals surface area contributed by atoms with Crippen LogP contribution in [0.5, 0.6) is 11.6 Å². The van der Waals surface area contributed by atoms with E-state index < -0.39 is 5.82 Å². The van der Waals surface area contributed by atoms with Gasteiger partial charge >= 0.3 is 0 Å². The van der Waals surface area contributed by atoms with Gasteiger partial charge < -0.3 is 24.8 Å². The van der Waals surface area contributed by atoms with Crippen LogP contribution in [-0.4, -0.2) is 88.1 Å². The van der Waals surface area contributed by atoms with Gasteiger partial charge in [0.2, 0.25) is 5.91 Å². The van der Waals surface area contributed by atoms with E-state index in [2.05, 4.69) is 39.2 Å². The summed E-state index contributed by atoms with van der Waals surface area (Å²) in [5.41, 5.74) is 0.237. The van der Waals surface area contributed by atoms with Crippen LogP contribution in [0.1, 0.15) is 57.8 Å². The second-order valence-electron chi connectivity index (χ2n) is 11.9. The number of aromatic nitrogens is 3. The van der Waals surface area contributed by atoms with Gasteiger partial charge in [0.25, 0.3) is 11.8 Å². The molecule has 11 heteroatoms. The highest BCUT2D eigenvalue weighted by molar-refractivity contribution is 5.97. The maximum Gasteiger partial charge on any atom is 0.282 e. The fourth-order valence-corrected chi connectivity index (χ4v) is 6.26. The molecule has 3 atom stereocenters. The minimum absolute atomic E-state index is 0.0530. The highest BCUT2D eigenvalue weighted by Crippen LogP contribution is 2.44. The fourth-order valence-electron chi connectivity index (χ4n) is 6.26. The van der Waals surface area contributed by atoms with E-state index in [9.17, 15) is 14.0 Å². The molecule has 0 unspecified atom stereocenters. The second-order valence-corrected chi connectivity index (χ2v) is 11.9. The van der Waals surface area contributed by atoms with Crippen LogP contribution in [0.25, 0.3) is 0 Å². The van der Waals surface area contributed by atoms with Gasteiger partial charge in [0.15, 0.2) is 5.82 Å². The van der Waals surface area contributed by atoms with Gasteiger partial charge in [0.05, 0.1) is 11.6 Å². The van der Waals surface area contributed by atoms with Gasteiger partial charge in [0, 0.05) is 44.2 Å². The molecule has 2 amide bonds. The van der Waals surface area contributed by atoms with Crippen molar-refractivity contribution in [2.45, 2.75) is 59.5 Å². The SMILES string of the molecule is CCN(C(=O)c1cc(F)ccc1Oc1nncnc1N1CC2(CCN(C(=O)[C@H]3NC[C@H](C)[C@@H]3C)CC2)C1)C(C)C. The lowest BCUT2D eigenvalue weighted by Crippen LogP contribution is -2.62. The molecule has 3 fully saturated rings. The molecule has 3 saturated heterocycles. The first kappa shape index (κ1) is 28.2. The molecule has 2 aromatic rings. The summed E-state index contributed by atoms with van der Waals surface area (Å²) < 4.78 is 20.3. The van der Waals surface area contributed by atoms with Crippen molar-refractivity contribution in [3.63, 3.8) is 0 Å². The smallest absolute Gasteiger partial charge is 0.282 e. The first-order chi connectivity index (χ1) is 19.1. The second kappa shape index (κ2) is 11.3. The number of anilines is 1. The molecule has 0 bridgehead atoms. The maximum atomic E-state index is 14.2. The molecule has 216 valence electrons. The van der Waals surface area contributed by atoms with Crippen LogP contribution in [0, 0.1) is 23.1 Å². The molecule has 3 aliphatic heterocycles. The zero-order chi connectivity index (χ0) is 28.6. The number of carbonyl (C=O) groups is 2. The van der Waals surface area contributed by atoms with E-state index in [1.165, 1.54) is 24.5 Å². The van der Waals surface area contributed by atoms with Crippen LogP contribution in [-0.2, 0) is 4.79 Å². The van der Waals surface area contributed by atoms with Crippen LogP contribution in [0.15, 0.2) is 24.5 Å². The van der Waals surface area contributed by atoms with Crippen molar-refractivity contribution in [1.82, 2.24) is 30.3 Å². The highest BCUT2D eigenvalue weighted by atomic mass is 19.1. The molecule has 1 aromatic heterocycles. The molecule has 10 nitrogen and oxygen atoms in total. The molecule has 0 saturated carbocycles. The standard InChI is InChI=1S/C29H40FN7O3/c1-6-37(18(2)3)27(38)22-13-21(30)7-8-23(22)40-26-25(32-17-33-34-26)36-15-29(16-36)9-11-35(12-10-29)28(39)24-20(5)19(4)14-31-24/h7-8,13,17-20,24,31H,6,9-12,14-16H2,1-5H3/t19-,20-,24-/m0/s1. The number of benzene rings is 1. The number of piperidine rings is 1. The summed E-state index contributed by atoms with van der Waals surface area (Å²) in [5.74, 6) is 1.17. The van der Waals surface area contributed by atoms with Crippen molar-refractivity contribution in [2.24, 2.45) is 17.3 Å². The molecular formula is C29H40FN7O3. The van der Waals surface area contributed by atoms with Gasteiger partial charge in [-0.3, -0.25) is 9.59 Å². The van der Waals surface area contributed by atoms with E-state index in [1.54, 1.807) is 4.90 Å². The Bertz CT molecular complexity index is 1240. The summed E-state index contributed by atoms with van der Waals surface area (Å²) in [4.78, 5) is 36.6. The largest absolute Gasteiger partial charge is 0.434 e. The topological polar surface area (TPSA) is 104 Å². The predicted molar refractivity (Wildman–Crippen MR) is 149 cm³/mol. The van der Waals surface area contributed by atoms with Crippen LogP contribution in [0.3, 0.4) is 0 Å². The molecule has 1 spiro atoms.